The van der Waals surface area contributed by atoms with E-state index in [9.17, 15) is 19.2 Å². The highest BCUT2D eigenvalue weighted by Crippen LogP contribution is 2.20. The van der Waals surface area contributed by atoms with Gasteiger partial charge in [0.25, 0.3) is 0 Å². The molecule has 0 heterocycles. The molecule has 0 fully saturated rings. The lowest BCUT2D eigenvalue weighted by atomic mass is 10.0. The van der Waals surface area contributed by atoms with Crippen molar-refractivity contribution < 1.29 is 38.5 Å². The third kappa shape index (κ3) is 13.0. The summed E-state index contributed by atoms with van der Waals surface area (Å²) >= 11 is 0. The van der Waals surface area contributed by atoms with E-state index in [2.05, 4.69) is 20.6 Å². The Hall–Kier alpha value is -3.70. The lowest BCUT2D eigenvalue weighted by Gasteiger charge is -2.21. The molecular weight excluding hydrogens is 448 g/mol. The van der Waals surface area contributed by atoms with Crippen molar-refractivity contribution in [2.24, 2.45) is 20.6 Å². The van der Waals surface area contributed by atoms with Crippen LogP contribution in [0.5, 0.6) is 0 Å². The summed E-state index contributed by atoms with van der Waals surface area (Å²) in [7, 11) is 0. The fraction of sp³-hybridized carbons (Fsp3) is 0.545. The zero-order valence-electron chi connectivity index (χ0n) is 20.8. The van der Waals surface area contributed by atoms with E-state index < -0.39 is 12.2 Å². The molecular formula is C22H32N4O8. The number of nitrogens with zero attached hydrogens (tertiary/aromatic N) is 4. The maximum atomic E-state index is 11.4. The van der Waals surface area contributed by atoms with Crippen LogP contribution in [0.25, 0.3) is 0 Å². The van der Waals surface area contributed by atoms with E-state index in [0.717, 1.165) is 12.4 Å². The van der Waals surface area contributed by atoms with Crippen molar-refractivity contribution in [1.29, 1.82) is 0 Å². The highest BCUT2D eigenvalue weighted by Gasteiger charge is 2.24. The number of ketones is 4. The van der Waals surface area contributed by atoms with Gasteiger partial charge in [-0.15, -0.1) is 0 Å². The van der Waals surface area contributed by atoms with Crippen LogP contribution in [0.3, 0.4) is 0 Å². The van der Waals surface area contributed by atoms with Gasteiger partial charge in [-0.2, -0.15) is 0 Å². The Labute approximate surface area is 198 Å². The molecule has 0 aliphatic rings. The molecule has 0 N–H and O–H groups in total. The van der Waals surface area contributed by atoms with Gasteiger partial charge in [0.15, 0.2) is 23.1 Å². The number of hydrogen-bond acceptors (Lipinski definition) is 12. The quantitative estimate of drug-likeness (QED) is 0.185. The number of rotatable bonds is 16. The van der Waals surface area contributed by atoms with Gasteiger partial charge in [0.2, 0.25) is 0 Å². The van der Waals surface area contributed by atoms with Crippen LogP contribution in [-0.4, -0.2) is 72.4 Å². The number of carbonyl (C=O) groups excluding carboxylic acids is 4. The van der Waals surface area contributed by atoms with E-state index in [4.69, 9.17) is 19.4 Å². The van der Waals surface area contributed by atoms with Crippen molar-refractivity contribution >= 4 is 47.0 Å². The maximum Gasteiger partial charge on any atom is 0.177 e. The predicted octanol–water partition coefficient (Wildman–Crippen LogP) is 2.21. The molecule has 188 valence electrons. The zero-order valence-corrected chi connectivity index (χ0v) is 20.8. The maximum absolute atomic E-state index is 11.4. The lowest BCUT2D eigenvalue weighted by molar-refractivity contribution is -0.112. The van der Waals surface area contributed by atoms with E-state index in [1.54, 1.807) is 13.8 Å². The summed E-state index contributed by atoms with van der Waals surface area (Å²) in [4.78, 5) is 66.5. The molecule has 0 spiro atoms. The molecule has 12 heteroatoms. The van der Waals surface area contributed by atoms with Gasteiger partial charge in [-0.05, 0) is 27.7 Å². The van der Waals surface area contributed by atoms with Crippen molar-refractivity contribution in [2.45, 2.75) is 67.6 Å². The molecule has 0 aliphatic carbocycles. The Bertz CT molecular complexity index is 831. The predicted molar refractivity (Wildman–Crippen MR) is 126 cm³/mol. The molecule has 0 aliphatic heterocycles. The van der Waals surface area contributed by atoms with Gasteiger partial charge in [-0.1, -0.05) is 20.6 Å². The molecule has 0 saturated carbocycles. The summed E-state index contributed by atoms with van der Waals surface area (Å²) in [5.74, 6) is -1.17. The zero-order chi connectivity index (χ0) is 26.3. The minimum atomic E-state index is -0.761. The van der Waals surface area contributed by atoms with Crippen molar-refractivity contribution in [3.8, 4) is 0 Å². The van der Waals surface area contributed by atoms with Gasteiger partial charge in [0.05, 0.1) is 0 Å². The first kappa shape index (κ1) is 30.3. The molecule has 0 aromatic heterocycles. The first-order valence-electron chi connectivity index (χ1n) is 10.3. The molecule has 0 saturated heterocycles. The van der Waals surface area contributed by atoms with Crippen LogP contribution in [0.4, 0.5) is 0 Å². The third-order valence-corrected chi connectivity index (χ3v) is 4.16. The molecule has 0 radical (unpaired) electrons. The molecule has 0 aromatic carbocycles. The highest BCUT2D eigenvalue weighted by molar-refractivity contribution is 6.38. The molecule has 2 atom stereocenters. The summed E-state index contributed by atoms with van der Waals surface area (Å²) in [6.45, 7) is 11.2. The van der Waals surface area contributed by atoms with Crippen molar-refractivity contribution in [1.82, 2.24) is 0 Å². The fourth-order valence-electron chi connectivity index (χ4n) is 1.99. The molecule has 2 unspecified atom stereocenters. The van der Waals surface area contributed by atoms with E-state index in [1.807, 2.05) is 0 Å². The lowest BCUT2D eigenvalue weighted by Crippen LogP contribution is -2.24. The van der Waals surface area contributed by atoms with Gasteiger partial charge in [0, 0.05) is 38.8 Å². The minimum Gasteiger partial charge on any atom is -0.391 e. The van der Waals surface area contributed by atoms with Gasteiger partial charge in [0.1, 0.15) is 49.3 Å². The Balaban J connectivity index is 6.20. The van der Waals surface area contributed by atoms with Gasteiger partial charge in [-0.3, -0.25) is 19.2 Å². The number of Topliss-reactive ketones (excluding diaryl/α,β-unsaturated/α-hetero) is 4. The third-order valence-electron chi connectivity index (χ3n) is 4.16. The smallest absolute Gasteiger partial charge is 0.177 e. The first-order valence-corrected chi connectivity index (χ1v) is 10.3. The summed E-state index contributed by atoms with van der Waals surface area (Å²) in [5, 5.41) is 14.8. The minimum absolute atomic E-state index is 0.150. The van der Waals surface area contributed by atoms with Crippen LogP contribution in [0.1, 0.15) is 55.4 Å². The average molecular weight is 481 g/mol. The SMILES string of the molecule is CC(=O)C=NOC(C)C(CON=C(C)C(C)=O)=C(CON=C(C)C(C)=O)C(C)ON=CC(C)=O. The van der Waals surface area contributed by atoms with Crippen LogP contribution in [0.15, 0.2) is 31.8 Å². The first-order chi connectivity index (χ1) is 15.9. The molecule has 0 rings (SSSR count). The summed E-state index contributed by atoms with van der Waals surface area (Å²) in [5.41, 5.74) is 1.17. The Morgan fingerprint density at radius 1 is 0.647 bits per heavy atom. The highest BCUT2D eigenvalue weighted by atomic mass is 16.7. The summed E-state index contributed by atoms with van der Waals surface area (Å²) in [6.07, 6.45) is 0.479. The van der Waals surface area contributed by atoms with Crippen molar-refractivity contribution in [2.75, 3.05) is 13.2 Å². The molecule has 34 heavy (non-hydrogen) atoms. The van der Waals surface area contributed by atoms with Crippen molar-refractivity contribution in [3.63, 3.8) is 0 Å². The summed E-state index contributed by atoms with van der Waals surface area (Å²) in [6, 6.07) is 0. The standard InChI is InChI=1S/C22H32N4O8/c1-13(27)9-23-33-19(7)21(11-31-25-15(3)17(5)29)22(12-32-26-16(4)18(6)30)20(8)34-24-10-14(2)28/h9-10,19-20H,11-12H2,1-8H3. The molecule has 12 nitrogen and oxygen atoms in total. The van der Waals surface area contributed by atoms with Gasteiger partial charge >= 0.3 is 0 Å². The van der Waals surface area contributed by atoms with Crippen LogP contribution in [0.2, 0.25) is 0 Å². The topological polar surface area (TPSA) is 155 Å². The number of oxime groups is 4. The number of hydrogen-bond donors (Lipinski definition) is 0. The summed E-state index contributed by atoms with van der Waals surface area (Å²) < 4.78 is 0. The van der Waals surface area contributed by atoms with E-state index >= 15 is 0 Å². The Kier molecular flexibility index (Phi) is 14.3. The Morgan fingerprint density at radius 2 is 0.971 bits per heavy atom. The van der Waals surface area contributed by atoms with Crippen molar-refractivity contribution in [3.05, 3.63) is 11.1 Å². The van der Waals surface area contributed by atoms with E-state index in [0.29, 0.717) is 11.1 Å². The fourth-order valence-corrected chi connectivity index (χ4v) is 1.99. The van der Waals surface area contributed by atoms with E-state index in [-0.39, 0.29) is 47.8 Å². The molecule has 0 amide bonds. The molecule has 0 aromatic rings. The average Bonchev–Trinajstić information content (AvgIpc) is 2.73. The number of carbonyl (C=O) groups is 4. The second kappa shape index (κ2) is 16.0. The second-order valence-corrected chi connectivity index (χ2v) is 7.25. The second-order valence-electron chi connectivity index (χ2n) is 7.25. The van der Waals surface area contributed by atoms with E-state index in [1.165, 1.54) is 41.5 Å². The van der Waals surface area contributed by atoms with Crippen LogP contribution in [0, 0.1) is 0 Å². The van der Waals surface area contributed by atoms with Gasteiger partial charge < -0.3 is 19.4 Å². The van der Waals surface area contributed by atoms with Crippen LogP contribution in [-0.2, 0) is 38.5 Å². The van der Waals surface area contributed by atoms with Crippen LogP contribution < -0.4 is 0 Å². The normalized spacial score (nSPS) is 14.9. The van der Waals surface area contributed by atoms with Gasteiger partial charge in [-0.25, -0.2) is 0 Å². The largest absolute Gasteiger partial charge is 0.391 e. The Morgan fingerprint density at radius 3 is 1.24 bits per heavy atom. The monoisotopic (exact) mass is 480 g/mol. The molecule has 0 bridgehead atoms. The van der Waals surface area contributed by atoms with Crippen LogP contribution >= 0.6 is 0 Å².